The zero-order valence-corrected chi connectivity index (χ0v) is 39.3. The van der Waals surface area contributed by atoms with Gasteiger partial charge in [-0.15, -0.1) is 0 Å². The minimum Gasteiger partial charge on any atom is -0.457 e. The molecular formula is C50H91O9P. The molecule has 9 nitrogen and oxygen atoms in total. The van der Waals surface area contributed by atoms with Crippen molar-refractivity contribution in [3.63, 3.8) is 0 Å². The number of carbonyl (C=O) groups is 1. The quantitative estimate of drug-likeness (QED) is 0.0237. The van der Waals surface area contributed by atoms with E-state index in [1.54, 1.807) is 0 Å². The van der Waals surface area contributed by atoms with Gasteiger partial charge in [-0.25, -0.2) is 4.57 Å². The van der Waals surface area contributed by atoms with Crippen LogP contribution in [0.3, 0.4) is 0 Å². The highest BCUT2D eigenvalue weighted by atomic mass is 31.2. The van der Waals surface area contributed by atoms with Gasteiger partial charge in [0, 0.05) is 13.0 Å². The average Bonchev–Trinajstić information content (AvgIpc) is 3.24. The van der Waals surface area contributed by atoms with Crippen LogP contribution in [0, 0.1) is 0 Å². The van der Waals surface area contributed by atoms with Crippen LogP contribution in [0.5, 0.6) is 0 Å². The molecule has 0 aromatic rings. The van der Waals surface area contributed by atoms with Crippen molar-refractivity contribution in [1.82, 2.24) is 0 Å². The predicted octanol–water partition coefficient (Wildman–Crippen LogP) is 13.9. The fourth-order valence-electron chi connectivity index (χ4n) is 6.52. The SMILES string of the molecule is CC/C=C\C/C=C\C/C=C\C/C=C\CCCCCCC(=O)OC(COCCCCCCCCCCCC/C=C\CCCCCCCCCC)COP(=O)(O)OCC(O)CO. The largest absolute Gasteiger partial charge is 0.472 e. The monoisotopic (exact) mass is 867 g/mol. The summed E-state index contributed by atoms with van der Waals surface area (Å²) in [5.41, 5.74) is 0. The molecule has 0 aliphatic carbocycles. The molecule has 0 aromatic carbocycles. The van der Waals surface area contributed by atoms with Gasteiger partial charge in [0.15, 0.2) is 0 Å². The van der Waals surface area contributed by atoms with Crippen LogP contribution in [-0.2, 0) is 27.9 Å². The summed E-state index contributed by atoms with van der Waals surface area (Å²) >= 11 is 0. The fraction of sp³-hybridized carbons (Fsp3) is 0.780. The summed E-state index contributed by atoms with van der Waals surface area (Å²) in [5, 5.41) is 18.4. The van der Waals surface area contributed by atoms with Crippen molar-refractivity contribution in [2.24, 2.45) is 0 Å². The van der Waals surface area contributed by atoms with Crippen LogP contribution in [0.15, 0.2) is 60.8 Å². The number of hydrogen-bond acceptors (Lipinski definition) is 8. The summed E-state index contributed by atoms with van der Waals surface area (Å²) in [5.74, 6) is -0.406. The summed E-state index contributed by atoms with van der Waals surface area (Å²) in [6.45, 7) is 3.38. The van der Waals surface area contributed by atoms with E-state index in [4.69, 9.17) is 23.6 Å². The summed E-state index contributed by atoms with van der Waals surface area (Å²) < 4.78 is 33.4. The maximum atomic E-state index is 12.6. The summed E-state index contributed by atoms with van der Waals surface area (Å²) in [6, 6.07) is 0. The number of unbranched alkanes of at least 4 members (excludes halogenated alkanes) is 22. The molecule has 0 heterocycles. The Morgan fingerprint density at radius 2 is 0.950 bits per heavy atom. The molecule has 0 aliphatic heterocycles. The number of phosphoric acid groups is 1. The highest BCUT2D eigenvalue weighted by Crippen LogP contribution is 2.43. The first-order chi connectivity index (χ1) is 29.3. The standard InChI is InChI=1S/C50H91O9P/c1-3-5-7-9-11-13-15-17-19-21-22-23-24-25-27-29-31-33-35-37-39-41-43-56-46-49(47-58-60(54,55)57-45-48(52)44-51)59-50(53)42-40-38-36-34-32-30-28-26-20-18-16-14-12-10-8-6-4-2/h6,8,12,14,18,20-22,28,30,48-49,51-52H,3-5,7,9-11,13,15-17,19,23-27,29,31-47H2,1-2H3,(H,54,55)/b8-6-,14-12-,20-18-,22-21-,30-28-. The molecule has 350 valence electrons. The number of hydrogen-bond donors (Lipinski definition) is 3. The minimum atomic E-state index is -4.53. The molecule has 0 aromatic heterocycles. The zero-order chi connectivity index (χ0) is 43.9. The van der Waals surface area contributed by atoms with Crippen LogP contribution >= 0.6 is 7.82 Å². The lowest BCUT2D eigenvalue weighted by atomic mass is 10.1. The van der Waals surface area contributed by atoms with Gasteiger partial charge < -0.3 is 24.6 Å². The summed E-state index contributed by atoms with van der Waals surface area (Å²) in [7, 11) is -4.53. The number of ether oxygens (including phenoxy) is 2. The molecule has 0 saturated carbocycles. The van der Waals surface area contributed by atoms with Gasteiger partial charge in [-0.2, -0.15) is 0 Å². The number of allylic oxidation sites excluding steroid dienone is 10. The molecule has 0 amide bonds. The molecule has 0 radical (unpaired) electrons. The smallest absolute Gasteiger partial charge is 0.457 e. The summed E-state index contributed by atoms with van der Waals surface area (Å²) in [4.78, 5) is 22.6. The third-order valence-corrected chi connectivity index (χ3v) is 11.1. The molecule has 0 aliphatic rings. The number of aliphatic hydroxyl groups is 2. The first-order valence-corrected chi connectivity index (χ1v) is 25.8. The molecule has 3 unspecified atom stereocenters. The first-order valence-electron chi connectivity index (χ1n) is 24.3. The highest BCUT2D eigenvalue weighted by Gasteiger charge is 2.26. The van der Waals surface area contributed by atoms with Gasteiger partial charge in [-0.1, -0.05) is 184 Å². The van der Waals surface area contributed by atoms with Crippen LogP contribution in [0.2, 0.25) is 0 Å². The van der Waals surface area contributed by atoms with Gasteiger partial charge in [-0.3, -0.25) is 13.8 Å². The minimum absolute atomic E-state index is 0.0366. The second-order valence-corrected chi connectivity index (χ2v) is 17.5. The van der Waals surface area contributed by atoms with Gasteiger partial charge in [0.25, 0.3) is 0 Å². The second kappa shape index (κ2) is 46.7. The van der Waals surface area contributed by atoms with Crippen molar-refractivity contribution in [1.29, 1.82) is 0 Å². The van der Waals surface area contributed by atoms with E-state index in [9.17, 15) is 19.4 Å². The van der Waals surface area contributed by atoms with Crippen molar-refractivity contribution in [3.05, 3.63) is 60.8 Å². The van der Waals surface area contributed by atoms with Crippen molar-refractivity contribution < 1.29 is 43.0 Å². The van der Waals surface area contributed by atoms with Gasteiger partial charge in [0.1, 0.15) is 12.2 Å². The Balaban J connectivity index is 4.13. The van der Waals surface area contributed by atoms with Crippen molar-refractivity contribution >= 4 is 13.8 Å². The molecule has 0 rings (SSSR count). The Labute approximate surface area is 368 Å². The molecular weight excluding hydrogens is 776 g/mol. The van der Waals surface area contributed by atoms with Gasteiger partial charge in [-0.05, 0) is 77.0 Å². The Morgan fingerprint density at radius 3 is 1.45 bits per heavy atom. The van der Waals surface area contributed by atoms with Crippen LogP contribution < -0.4 is 0 Å². The van der Waals surface area contributed by atoms with E-state index in [1.165, 1.54) is 109 Å². The lowest BCUT2D eigenvalue weighted by Crippen LogP contribution is -2.29. The number of aliphatic hydroxyl groups excluding tert-OH is 2. The normalized spacial score (nSPS) is 14.4. The Kier molecular flexibility index (Phi) is 45.2. The van der Waals surface area contributed by atoms with Crippen molar-refractivity contribution in [2.75, 3.05) is 33.0 Å². The van der Waals surface area contributed by atoms with E-state index in [2.05, 4.69) is 74.6 Å². The molecule has 3 N–H and O–H groups in total. The zero-order valence-electron chi connectivity index (χ0n) is 38.4. The Hall–Kier alpha value is -1.84. The third kappa shape index (κ3) is 45.7. The van der Waals surface area contributed by atoms with Crippen LogP contribution in [0.4, 0.5) is 0 Å². The maximum absolute atomic E-state index is 12.6. The highest BCUT2D eigenvalue weighted by molar-refractivity contribution is 7.47. The lowest BCUT2D eigenvalue weighted by molar-refractivity contribution is -0.154. The third-order valence-electron chi connectivity index (χ3n) is 10.2. The molecule has 0 bridgehead atoms. The van der Waals surface area contributed by atoms with E-state index < -0.39 is 39.2 Å². The Morgan fingerprint density at radius 1 is 0.533 bits per heavy atom. The molecule has 60 heavy (non-hydrogen) atoms. The van der Waals surface area contributed by atoms with E-state index in [-0.39, 0.29) is 19.6 Å². The van der Waals surface area contributed by atoms with Crippen LogP contribution in [0.1, 0.15) is 206 Å². The van der Waals surface area contributed by atoms with E-state index in [1.807, 2.05) is 0 Å². The van der Waals surface area contributed by atoms with Crippen molar-refractivity contribution in [3.8, 4) is 0 Å². The van der Waals surface area contributed by atoms with E-state index >= 15 is 0 Å². The number of carbonyl (C=O) groups excluding carboxylic acids is 1. The van der Waals surface area contributed by atoms with Gasteiger partial charge >= 0.3 is 13.8 Å². The Bertz CT molecular complexity index is 1120. The second-order valence-electron chi connectivity index (χ2n) is 16.1. The fourth-order valence-corrected chi connectivity index (χ4v) is 7.31. The van der Waals surface area contributed by atoms with Gasteiger partial charge in [0.05, 0.1) is 26.4 Å². The predicted molar refractivity (Wildman–Crippen MR) is 251 cm³/mol. The number of rotatable bonds is 46. The maximum Gasteiger partial charge on any atom is 0.472 e. The van der Waals surface area contributed by atoms with E-state index in [0.29, 0.717) is 13.0 Å². The lowest BCUT2D eigenvalue weighted by Gasteiger charge is -2.20. The number of phosphoric ester groups is 1. The molecule has 0 spiro atoms. The van der Waals surface area contributed by atoms with Gasteiger partial charge in [0.2, 0.25) is 0 Å². The summed E-state index contributed by atoms with van der Waals surface area (Å²) in [6.07, 6.45) is 54.7. The number of esters is 1. The first kappa shape index (κ1) is 58.2. The molecule has 0 saturated heterocycles. The van der Waals surface area contributed by atoms with Crippen LogP contribution in [0.25, 0.3) is 0 Å². The molecule has 0 fully saturated rings. The van der Waals surface area contributed by atoms with Crippen LogP contribution in [-0.4, -0.2) is 66.3 Å². The molecule has 10 heteroatoms. The van der Waals surface area contributed by atoms with Crippen molar-refractivity contribution in [2.45, 2.75) is 219 Å². The molecule has 3 atom stereocenters. The van der Waals surface area contributed by atoms with E-state index in [0.717, 1.165) is 70.6 Å². The topological polar surface area (TPSA) is 132 Å². The average molecular weight is 867 g/mol.